The molecule has 3 nitrogen and oxygen atoms in total. The Labute approximate surface area is 76.2 Å². The third kappa shape index (κ3) is 1.28. The lowest BCUT2D eigenvalue weighted by atomic mass is 10.2. The van der Waals surface area contributed by atoms with Crippen molar-refractivity contribution in [2.45, 2.75) is 0 Å². The first-order chi connectivity index (χ1) is 6.31. The highest BCUT2D eigenvalue weighted by atomic mass is 16.5. The van der Waals surface area contributed by atoms with Crippen LogP contribution in [0.5, 0.6) is 5.75 Å². The summed E-state index contributed by atoms with van der Waals surface area (Å²) in [7, 11) is 1.62. The van der Waals surface area contributed by atoms with Gasteiger partial charge in [-0.25, -0.2) is 0 Å². The van der Waals surface area contributed by atoms with Crippen LogP contribution >= 0.6 is 0 Å². The predicted molar refractivity (Wildman–Crippen MR) is 52.7 cm³/mol. The summed E-state index contributed by atoms with van der Waals surface area (Å²) in [6.07, 6.45) is 1.67. The normalized spacial score (nSPS) is 10.2. The third-order valence-electron chi connectivity index (χ3n) is 1.95. The number of rotatable bonds is 1. The highest BCUT2D eigenvalue weighted by molar-refractivity contribution is 5.89. The highest BCUT2D eigenvalue weighted by Gasteiger charge is 1.99. The van der Waals surface area contributed by atoms with Crippen molar-refractivity contribution in [1.29, 1.82) is 0 Å². The maximum atomic E-state index is 5.74. The number of ether oxygens (including phenoxy) is 1. The van der Waals surface area contributed by atoms with Gasteiger partial charge in [-0.3, -0.25) is 4.98 Å². The third-order valence-corrected chi connectivity index (χ3v) is 1.95. The molecule has 0 saturated carbocycles. The first kappa shape index (κ1) is 7.86. The Morgan fingerprint density at radius 3 is 3.00 bits per heavy atom. The Hall–Kier alpha value is -1.77. The van der Waals surface area contributed by atoms with Crippen molar-refractivity contribution in [2.75, 3.05) is 12.8 Å². The fraction of sp³-hybridized carbons (Fsp3) is 0.100. The zero-order chi connectivity index (χ0) is 9.26. The van der Waals surface area contributed by atoms with Crippen LogP contribution in [0, 0.1) is 0 Å². The summed E-state index contributed by atoms with van der Waals surface area (Å²) in [5, 5.41) is 0.999. The van der Waals surface area contributed by atoms with Gasteiger partial charge in [0.2, 0.25) is 0 Å². The SMILES string of the molecule is COc1cnc2c(N)cccc2c1. The van der Waals surface area contributed by atoms with Gasteiger partial charge in [-0.1, -0.05) is 12.1 Å². The largest absolute Gasteiger partial charge is 0.495 e. The molecule has 0 aliphatic rings. The second-order valence-electron chi connectivity index (χ2n) is 2.79. The Morgan fingerprint density at radius 2 is 2.23 bits per heavy atom. The molecule has 2 N–H and O–H groups in total. The van der Waals surface area contributed by atoms with Gasteiger partial charge in [-0.05, 0) is 12.1 Å². The standard InChI is InChI=1S/C10H10N2O/c1-13-8-5-7-3-2-4-9(11)10(7)12-6-8/h2-6H,11H2,1H3. The molecular formula is C10H10N2O. The van der Waals surface area contributed by atoms with Gasteiger partial charge in [0.25, 0.3) is 0 Å². The molecule has 1 heterocycles. The van der Waals surface area contributed by atoms with Gasteiger partial charge >= 0.3 is 0 Å². The van der Waals surface area contributed by atoms with Crippen LogP contribution in [0.4, 0.5) is 5.69 Å². The zero-order valence-electron chi connectivity index (χ0n) is 7.32. The second-order valence-corrected chi connectivity index (χ2v) is 2.79. The van der Waals surface area contributed by atoms with E-state index in [0.29, 0.717) is 5.69 Å². The predicted octanol–water partition coefficient (Wildman–Crippen LogP) is 1.83. The van der Waals surface area contributed by atoms with E-state index >= 15 is 0 Å². The van der Waals surface area contributed by atoms with E-state index in [1.54, 1.807) is 13.3 Å². The first-order valence-corrected chi connectivity index (χ1v) is 3.99. The van der Waals surface area contributed by atoms with Crippen LogP contribution in [0.25, 0.3) is 10.9 Å². The van der Waals surface area contributed by atoms with Gasteiger partial charge in [-0.15, -0.1) is 0 Å². The zero-order valence-corrected chi connectivity index (χ0v) is 7.32. The summed E-state index contributed by atoms with van der Waals surface area (Å²) in [6, 6.07) is 7.61. The van der Waals surface area contributed by atoms with Crippen LogP contribution in [0.15, 0.2) is 30.5 Å². The molecule has 0 unspecified atom stereocenters. The average molecular weight is 174 g/mol. The molecule has 0 atom stereocenters. The van der Waals surface area contributed by atoms with E-state index in [1.807, 2.05) is 24.3 Å². The first-order valence-electron chi connectivity index (χ1n) is 3.99. The van der Waals surface area contributed by atoms with Crippen LogP contribution in [-0.2, 0) is 0 Å². The Bertz CT molecular complexity index is 440. The molecule has 0 saturated heterocycles. The summed E-state index contributed by atoms with van der Waals surface area (Å²) in [5.41, 5.74) is 7.26. The molecule has 1 aromatic carbocycles. The van der Waals surface area contributed by atoms with Crippen LogP contribution in [0.3, 0.4) is 0 Å². The molecule has 2 rings (SSSR count). The summed E-state index contributed by atoms with van der Waals surface area (Å²) in [5.74, 6) is 0.748. The molecule has 0 fully saturated rings. The molecule has 3 heteroatoms. The number of methoxy groups -OCH3 is 1. The maximum absolute atomic E-state index is 5.74. The van der Waals surface area contributed by atoms with E-state index in [2.05, 4.69) is 4.98 Å². The molecule has 0 bridgehead atoms. The molecule has 1 aromatic heterocycles. The Kier molecular flexibility index (Phi) is 1.77. The molecule has 0 aliphatic carbocycles. The quantitative estimate of drug-likeness (QED) is 0.671. The minimum Gasteiger partial charge on any atom is -0.495 e. The number of aromatic nitrogens is 1. The Morgan fingerprint density at radius 1 is 1.38 bits per heavy atom. The van der Waals surface area contributed by atoms with E-state index in [1.165, 1.54) is 0 Å². The lowest BCUT2D eigenvalue weighted by Gasteiger charge is -2.02. The van der Waals surface area contributed by atoms with Gasteiger partial charge in [0.1, 0.15) is 5.75 Å². The summed E-state index contributed by atoms with van der Waals surface area (Å²) in [4.78, 5) is 4.20. The number of benzene rings is 1. The van der Waals surface area contributed by atoms with E-state index < -0.39 is 0 Å². The summed E-state index contributed by atoms with van der Waals surface area (Å²) >= 11 is 0. The number of fused-ring (bicyclic) bond motifs is 1. The average Bonchev–Trinajstić information content (AvgIpc) is 2.18. The van der Waals surface area contributed by atoms with Crippen LogP contribution in [-0.4, -0.2) is 12.1 Å². The molecule has 2 aromatic rings. The Balaban J connectivity index is 2.72. The topological polar surface area (TPSA) is 48.1 Å². The van der Waals surface area contributed by atoms with Crippen LogP contribution < -0.4 is 10.5 Å². The van der Waals surface area contributed by atoms with Crippen molar-refractivity contribution < 1.29 is 4.74 Å². The molecule has 13 heavy (non-hydrogen) atoms. The number of nitrogens with two attached hydrogens (primary N) is 1. The van der Waals surface area contributed by atoms with Crippen molar-refractivity contribution in [2.24, 2.45) is 0 Å². The lowest BCUT2D eigenvalue weighted by molar-refractivity contribution is 0.414. The lowest BCUT2D eigenvalue weighted by Crippen LogP contribution is -1.90. The fourth-order valence-corrected chi connectivity index (χ4v) is 1.28. The number of nitrogen functional groups attached to an aromatic ring is 1. The fourth-order valence-electron chi connectivity index (χ4n) is 1.28. The smallest absolute Gasteiger partial charge is 0.137 e. The van der Waals surface area contributed by atoms with Crippen LogP contribution in [0.1, 0.15) is 0 Å². The van der Waals surface area contributed by atoms with Crippen molar-refractivity contribution in [3.8, 4) is 5.75 Å². The minimum absolute atomic E-state index is 0.695. The van der Waals surface area contributed by atoms with E-state index in [9.17, 15) is 0 Å². The number of para-hydroxylation sites is 1. The molecular weight excluding hydrogens is 164 g/mol. The summed E-state index contributed by atoms with van der Waals surface area (Å²) < 4.78 is 5.06. The molecule has 66 valence electrons. The van der Waals surface area contributed by atoms with Crippen LogP contribution in [0.2, 0.25) is 0 Å². The molecule has 0 spiro atoms. The van der Waals surface area contributed by atoms with Gasteiger partial charge in [-0.2, -0.15) is 0 Å². The van der Waals surface area contributed by atoms with Gasteiger partial charge < -0.3 is 10.5 Å². The number of hydrogen-bond acceptors (Lipinski definition) is 3. The molecule has 0 radical (unpaired) electrons. The number of hydrogen-bond donors (Lipinski definition) is 1. The van der Waals surface area contributed by atoms with Gasteiger partial charge in [0, 0.05) is 5.39 Å². The number of anilines is 1. The van der Waals surface area contributed by atoms with E-state index in [-0.39, 0.29) is 0 Å². The van der Waals surface area contributed by atoms with Gasteiger partial charge in [0.15, 0.2) is 0 Å². The van der Waals surface area contributed by atoms with Crippen molar-refractivity contribution >= 4 is 16.6 Å². The second kappa shape index (κ2) is 2.94. The monoisotopic (exact) mass is 174 g/mol. The van der Waals surface area contributed by atoms with Crippen molar-refractivity contribution in [3.05, 3.63) is 30.5 Å². The molecule has 0 aliphatic heterocycles. The summed E-state index contributed by atoms with van der Waals surface area (Å²) in [6.45, 7) is 0. The molecule has 0 amide bonds. The highest BCUT2D eigenvalue weighted by Crippen LogP contribution is 2.21. The minimum atomic E-state index is 0.695. The van der Waals surface area contributed by atoms with E-state index in [0.717, 1.165) is 16.7 Å². The van der Waals surface area contributed by atoms with Crippen molar-refractivity contribution in [3.63, 3.8) is 0 Å². The maximum Gasteiger partial charge on any atom is 0.137 e. The van der Waals surface area contributed by atoms with Gasteiger partial charge in [0.05, 0.1) is 24.5 Å². The van der Waals surface area contributed by atoms with Crippen molar-refractivity contribution in [1.82, 2.24) is 4.98 Å². The number of nitrogens with zero attached hydrogens (tertiary/aromatic N) is 1. The van der Waals surface area contributed by atoms with E-state index in [4.69, 9.17) is 10.5 Å². The number of pyridine rings is 1.